The lowest BCUT2D eigenvalue weighted by Gasteiger charge is -2.19. The van der Waals surface area contributed by atoms with Crippen molar-refractivity contribution in [3.63, 3.8) is 0 Å². The molecule has 0 fully saturated rings. The fourth-order valence-corrected chi connectivity index (χ4v) is 2.10. The first-order valence-electron chi connectivity index (χ1n) is 7.48. The highest BCUT2D eigenvalue weighted by Crippen LogP contribution is 2.10. The third-order valence-corrected chi connectivity index (χ3v) is 3.08. The second-order valence-electron chi connectivity index (χ2n) is 5.79. The number of nitrogens with one attached hydrogen (secondary N) is 3. The molecule has 1 atom stereocenters. The number of carbonyl (C=O) groups is 3. The van der Waals surface area contributed by atoms with Crippen molar-refractivity contribution < 1.29 is 14.4 Å². The molecule has 126 valence electrons. The lowest BCUT2D eigenvalue weighted by atomic mass is 10.0. The molecule has 0 bridgehead atoms. The van der Waals surface area contributed by atoms with Gasteiger partial charge in [0.25, 0.3) is 0 Å². The van der Waals surface area contributed by atoms with Gasteiger partial charge in [-0.25, -0.2) is 4.79 Å². The van der Waals surface area contributed by atoms with Gasteiger partial charge in [-0.2, -0.15) is 0 Å². The van der Waals surface area contributed by atoms with E-state index in [0.29, 0.717) is 18.7 Å². The molecule has 0 unspecified atom stereocenters. The van der Waals surface area contributed by atoms with E-state index in [4.69, 9.17) is 5.73 Å². The summed E-state index contributed by atoms with van der Waals surface area (Å²) in [6.45, 7) is 5.69. The summed E-state index contributed by atoms with van der Waals surface area (Å²) < 4.78 is 0. The minimum absolute atomic E-state index is 0.139. The van der Waals surface area contributed by atoms with Crippen molar-refractivity contribution in [2.75, 3.05) is 5.32 Å². The Labute approximate surface area is 136 Å². The Hall–Kier alpha value is -2.57. The lowest BCUT2D eigenvalue weighted by molar-refractivity contribution is -0.123. The topological polar surface area (TPSA) is 113 Å². The fraction of sp³-hybridized carbons (Fsp3) is 0.438. The second-order valence-corrected chi connectivity index (χ2v) is 5.79. The molecule has 5 N–H and O–H groups in total. The van der Waals surface area contributed by atoms with Gasteiger partial charge in [0.05, 0.1) is 0 Å². The molecule has 7 nitrogen and oxygen atoms in total. The summed E-state index contributed by atoms with van der Waals surface area (Å²) in [6.07, 6.45) is 0.510. The third kappa shape index (κ3) is 7.30. The molecule has 4 amide bonds. The van der Waals surface area contributed by atoms with Crippen LogP contribution in [-0.4, -0.2) is 23.9 Å². The first-order chi connectivity index (χ1) is 10.8. The predicted molar refractivity (Wildman–Crippen MR) is 88.6 cm³/mol. The Bertz CT molecular complexity index is 555. The summed E-state index contributed by atoms with van der Waals surface area (Å²) in [5.74, 6) is -0.168. The van der Waals surface area contributed by atoms with Crippen molar-refractivity contribution in [1.29, 1.82) is 0 Å². The van der Waals surface area contributed by atoms with Crippen LogP contribution in [0.4, 0.5) is 10.5 Å². The normalized spacial score (nSPS) is 11.7. The van der Waals surface area contributed by atoms with Crippen LogP contribution in [0.15, 0.2) is 24.3 Å². The maximum atomic E-state index is 12.2. The lowest BCUT2D eigenvalue weighted by Crippen LogP contribution is -2.49. The SMILES string of the molecule is CC(=O)Nc1ccc(CNC(=O)[C@@H](CC(C)C)NC(N)=O)cc1. The van der Waals surface area contributed by atoms with Crippen molar-refractivity contribution in [3.8, 4) is 0 Å². The molecular formula is C16H24N4O3. The van der Waals surface area contributed by atoms with Gasteiger partial charge in [0.1, 0.15) is 6.04 Å². The van der Waals surface area contributed by atoms with Gasteiger partial charge in [-0.1, -0.05) is 26.0 Å². The van der Waals surface area contributed by atoms with Crippen LogP contribution in [0, 0.1) is 5.92 Å². The van der Waals surface area contributed by atoms with Gasteiger partial charge >= 0.3 is 6.03 Å². The predicted octanol–water partition coefficient (Wildman–Crippen LogP) is 1.34. The molecule has 0 spiro atoms. The van der Waals surface area contributed by atoms with Crippen LogP contribution in [0.5, 0.6) is 0 Å². The van der Waals surface area contributed by atoms with Gasteiger partial charge in [-0.05, 0) is 30.0 Å². The van der Waals surface area contributed by atoms with Gasteiger partial charge in [-0.15, -0.1) is 0 Å². The number of amides is 4. The Morgan fingerprint density at radius 1 is 1.13 bits per heavy atom. The Morgan fingerprint density at radius 3 is 2.22 bits per heavy atom. The molecule has 7 heteroatoms. The number of primary amides is 1. The first kappa shape index (κ1) is 18.5. The van der Waals surface area contributed by atoms with Crippen LogP contribution >= 0.6 is 0 Å². The highest BCUT2D eigenvalue weighted by molar-refractivity contribution is 5.88. The van der Waals surface area contributed by atoms with E-state index in [1.807, 2.05) is 26.0 Å². The molecule has 0 aliphatic rings. The highest BCUT2D eigenvalue weighted by atomic mass is 16.2. The fourth-order valence-electron chi connectivity index (χ4n) is 2.10. The van der Waals surface area contributed by atoms with Crippen LogP contribution < -0.4 is 21.7 Å². The molecule has 0 aliphatic carbocycles. The number of nitrogens with two attached hydrogens (primary N) is 1. The summed E-state index contributed by atoms with van der Waals surface area (Å²) in [5.41, 5.74) is 6.69. The van der Waals surface area contributed by atoms with Gasteiger partial charge in [0.15, 0.2) is 0 Å². The Kier molecular flexibility index (Phi) is 7.05. The molecule has 0 heterocycles. The average Bonchev–Trinajstić information content (AvgIpc) is 2.44. The summed E-state index contributed by atoms with van der Waals surface area (Å²) in [6, 6.07) is 5.78. The van der Waals surface area contributed by atoms with Crippen molar-refractivity contribution in [3.05, 3.63) is 29.8 Å². The molecule has 1 rings (SSSR count). The van der Waals surface area contributed by atoms with Crippen molar-refractivity contribution in [1.82, 2.24) is 10.6 Å². The molecule has 1 aromatic rings. The van der Waals surface area contributed by atoms with Crippen molar-refractivity contribution in [2.24, 2.45) is 11.7 Å². The van der Waals surface area contributed by atoms with Crippen LogP contribution in [0.3, 0.4) is 0 Å². The van der Waals surface area contributed by atoms with E-state index < -0.39 is 12.1 Å². The number of urea groups is 1. The molecule has 1 aromatic carbocycles. The molecule has 0 saturated carbocycles. The molecular weight excluding hydrogens is 296 g/mol. The Balaban J connectivity index is 2.58. The van der Waals surface area contributed by atoms with E-state index in [2.05, 4.69) is 16.0 Å². The van der Waals surface area contributed by atoms with Crippen LogP contribution in [-0.2, 0) is 16.1 Å². The molecule has 0 aromatic heterocycles. The van der Waals surface area contributed by atoms with Gasteiger partial charge < -0.3 is 21.7 Å². The molecule has 0 radical (unpaired) electrons. The summed E-state index contributed by atoms with van der Waals surface area (Å²) in [5, 5.41) is 7.90. The van der Waals surface area contributed by atoms with E-state index in [9.17, 15) is 14.4 Å². The first-order valence-corrected chi connectivity index (χ1v) is 7.48. The number of anilines is 1. The number of carbonyl (C=O) groups excluding carboxylic acids is 3. The van der Waals surface area contributed by atoms with E-state index in [-0.39, 0.29) is 17.7 Å². The summed E-state index contributed by atoms with van der Waals surface area (Å²) >= 11 is 0. The van der Waals surface area contributed by atoms with E-state index in [1.165, 1.54) is 6.92 Å². The number of hydrogen-bond acceptors (Lipinski definition) is 3. The monoisotopic (exact) mass is 320 g/mol. The van der Waals surface area contributed by atoms with Gasteiger partial charge in [0, 0.05) is 19.2 Å². The van der Waals surface area contributed by atoms with Crippen molar-refractivity contribution in [2.45, 2.75) is 39.8 Å². The number of benzene rings is 1. The number of hydrogen-bond donors (Lipinski definition) is 4. The number of rotatable bonds is 7. The van der Waals surface area contributed by atoms with Crippen LogP contribution in [0.2, 0.25) is 0 Å². The van der Waals surface area contributed by atoms with Crippen LogP contribution in [0.1, 0.15) is 32.8 Å². The molecule has 0 aliphatic heterocycles. The third-order valence-electron chi connectivity index (χ3n) is 3.08. The molecule has 23 heavy (non-hydrogen) atoms. The van der Waals surface area contributed by atoms with E-state index >= 15 is 0 Å². The standard InChI is InChI=1S/C16H24N4O3/c1-10(2)8-14(20-16(17)23)15(22)18-9-12-4-6-13(7-5-12)19-11(3)21/h4-7,10,14H,8-9H2,1-3H3,(H,18,22)(H,19,21)(H3,17,20,23)/t14-/m1/s1. The highest BCUT2D eigenvalue weighted by Gasteiger charge is 2.20. The zero-order valence-electron chi connectivity index (χ0n) is 13.7. The smallest absolute Gasteiger partial charge is 0.312 e. The minimum Gasteiger partial charge on any atom is -0.352 e. The quantitative estimate of drug-likeness (QED) is 0.608. The second kappa shape index (κ2) is 8.77. The summed E-state index contributed by atoms with van der Waals surface area (Å²) in [7, 11) is 0. The van der Waals surface area contributed by atoms with Gasteiger partial charge in [-0.3, -0.25) is 9.59 Å². The maximum absolute atomic E-state index is 12.2. The maximum Gasteiger partial charge on any atom is 0.312 e. The zero-order chi connectivity index (χ0) is 17.4. The summed E-state index contributed by atoms with van der Waals surface area (Å²) in [4.78, 5) is 34.1. The van der Waals surface area contributed by atoms with Crippen LogP contribution in [0.25, 0.3) is 0 Å². The van der Waals surface area contributed by atoms with Gasteiger partial charge in [0.2, 0.25) is 11.8 Å². The van der Waals surface area contributed by atoms with E-state index in [0.717, 1.165) is 5.56 Å². The Morgan fingerprint density at radius 2 is 1.74 bits per heavy atom. The van der Waals surface area contributed by atoms with E-state index in [1.54, 1.807) is 12.1 Å². The molecule has 0 saturated heterocycles. The minimum atomic E-state index is -0.717. The van der Waals surface area contributed by atoms with Crippen molar-refractivity contribution >= 4 is 23.5 Å². The largest absolute Gasteiger partial charge is 0.352 e. The average molecular weight is 320 g/mol. The zero-order valence-corrected chi connectivity index (χ0v) is 13.7.